The van der Waals surface area contributed by atoms with Crippen molar-refractivity contribution in [3.63, 3.8) is 0 Å². The summed E-state index contributed by atoms with van der Waals surface area (Å²) in [5, 5.41) is 7.02. The van der Waals surface area contributed by atoms with E-state index in [2.05, 4.69) is 54.7 Å². The molecule has 0 aromatic carbocycles. The summed E-state index contributed by atoms with van der Waals surface area (Å²) in [6, 6.07) is 0.530. The van der Waals surface area contributed by atoms with E-state index >= 15 is 0 Å². The second kappa shape index (κ2) is 14.8. The van der Waals surface area contributed by atoms with E-state index in [0.29, 0.717) is 6.04 Å². The van der Waals surface area contributed by atoms with Crippen LogP contribution in [0.25, 0.3) is 0 Å². The molecule has 0 aromatic rings. The number of likely N-dealkylation sites (N-methyl/N-ethyl adjacent to an activating group) is 1. The third-order valence-electron chi connectivity index (χ3n) is 4.44. The van der Waals surface area contributed by atoms with Crippen molar-refractivity contribution in [1.82, 2.24) is 20.4 Å². The maximum Gasteiger partial charge on any atom is 0.191 e. The Labute approximate surface area is 172 Å². The van der Waals surface area contributed by atoms with Crippen molar-refractivity contribution in [1.29, 1.82) is 0 Å². The normalized spacial score (nSPS) is 16.6. The molecule has 0 bridgehead atoms. The molecule has 0 atom stereocenters. The van der Waals surface area contributed by atoms with Crippen LogP contribution in [0.2, 0.25) is 0 Å². The number of nitrogens with zero attached hydrogens (tertiary/aromatic N) is 3. The summed E-state index contributed by atoms with van der Waals surface area (Å²) in [6.45, 7) is 21.1. The van der Waals surface area contributed by atoms with Crippen LogP contribution in [0, 0.1) is 0 Å². The Morgan fingerprint density at radius 1 is 1.20 bits per heavy atom. The number of piperidine rings is 1. The van der Waals surface area contributed by atoms with Gasteiger partial charge in [0.05, 0.1) is 6.54 Å². The first-order chi connectivity index (χ1) is 11.6. The van der Waals surface area contributed by atoms with Gasteiger partial charge in [-0.2, -0.15) is 0 Å². The fourth-order valence-corrected chi connectivity index (χ4v) is 3.18. The number of hydrogen-bond acceptors (Lipinski definition) is 3. The number of likely N-dealkylation sites (tertiary alicyclic amines) is 1. The summed E-state index contributed by atoms with van der Waals surface area (Å²) < 4.78 is 0. The number of guanidine groups is 1. The fourth-order valence-electron chi connectivity index (χ4n) is 3.18. The van der Waals surface area contributed by atoms with Crippen LogP contribution >= 0.6 is 24.0 Å². The molecule has 1 aliphatic heterocycles. The molecular formula is C19H40IN5. The van der Waals surface area contributed by atoms with E-state index in [9.17, 15) is 0 Å². The summed E-state index contributed by atoms with van der Waals surface area (Å²) >= 11 is 0. The number of halogens is 1. The van der Waals surface area contributed by atoms with Crippen LogP contribution in [-0.2, 0) is 0 Å². The number of aliphatic imine (C=N–C) groups is 1. The van der Waals surface area contributed by atoms with Gasteiger partial charge in [-0.1, -0.05) is 26.0 Å². The smallest absolute Gasteiger partial charge is 0.191 e. The molecule has 148 valence electrons. The van der Waals surface area contributed by atoms with E-state index in [1.54, 1.807) is 0 Å². The molecule has 0 amide bonds. The molecule has 25 heavy (non-hydrogen) atoms. The van der Waals surface area contributed by atoms with Gasteiger partial charge in [0.15, 0.2) is 5.96 Å². The molecule has 6 heteroatoms. The highest BCUT2D eigenvalue weighted by Gasteiger charge is 2.19. The van der Waals surface area contributed by atoms with Gasteiger partial charge in [-0.15, -0.1) is 24.0 Å². The van der Waals surface area contributed by atoms with Gasteiger partial charge in [-0.3, -0.25) is 9.89 Å². The Morgan fingerprint density at radius 2 is 1.88 bits per heavy atom. The minimum absolute atomic E-state index is 0. The van der Waals surface area contributed by atoms with E-state index in [1.165, 1.54) is 24.8 Å². The van der Waals surface area contributed by atoms with Gasteiger partial charge in [-0.25, -0.2) is 0 Å². The molecule has 1 heterocycles. The second-order valence-corrected chi connectivity index (χ2v) is 6.85. The van der Waals surface area contributed by atoms with E-state index in [1.807, 2.05) is 0 Å². The molecule has 0 radical (unpaired) electrons. The van der Waals surface area contributed by atoms with Crippen molar-refractivity contribution in [2.75, 3.05) is 52.4 Å². The topological polar surface area (TPSA) is 42.9 Å². The van der Waals surface area contributed by atoms with E-state index in [4.69, 9.17) is 4.99 Å². The van der Waals surface area contributed by atoms with Crippen LogP contribution in [0.5, 0.6) is 0 Å². The molecule has 2 N–H and O–H groups in total. The molecule has 0 spiro atoms. The van der Waals surface area contributed by atoms with Crippen LogP contribution in [0.1, 0.15) is 47.0 Å². The highest BCUT2D eigenvalue weighted by molar-refractivity contribution is 14.0. The lowest BCUT2D eigenvalue weighted by molar-refractivity contribution is 0.221. The largest absolute Gasteiger partial charge is 0.357 e. The van der Waals surface area contributed by atoms with Crippen molar-refractivity contribution >= 4 is 29.9 Å². The predicted molar refractivity (Wildman–Crippen MR) is 121 cm³/mol. The summed E-state index contributed by atoms with van der Waals surface area (Å²) in [5.74, 6) is 0.975. The fraction of sp³-hybridized carbons (Fsp3) is 0.842. The molecule has 0 aromatic heterocycles. The molecule has 1 aliphatic rings. The van der Waals surface area contributed by atoms with Crippen molar-refractivity contribution < 1.29 is 0 Å². The Balaban J connectivity index is 0.00000576. The van der Waals surface area contributed by atoms with E-state index in [-0.39, 0.29) is 24.0 Å². The lowest BCUT2D eigenvalue weighted by Crippen LogP contribution is -2.49. The molecule has 1 rings (SSSR count). The van der Waals surface area contributed by atoms with Crippen LogP contribution in [-0.4, -0.2) is 74.2 Å². The molecule has 5 nitrogen and oxygen atoms in total. The van der Waals surface area contributed by atoms with Crippen molar-refractivity contribution in [3.8, 4) is 0 Å². The quantitative estimate of drug-likeness (QED) is 0.225. The minimum Gasteiger partial charge on any atom is -0.357 e. The lowest BCUT2D eigenvalue weighted by atomic mass is 10.0. The van der Waals surface area contributed by atoms with Crippen LogP contribution < -0.4 is 10.6 Å². The standard InChI is InChI=1S/C19H39N5.HI/c1-6-12-23(8-3)15-11-21-19(20-7-2)22-18-9-13-24(14-10-18)16-17(4)5;/h18H,4,6-16H2,1-3,5H3,(H2,20,21,22);1H. The van der Waals surface area contributed by atoms with Gasteiger partial charge in [0.25, 0.3) is 0 Å². The zero-order chi connectivity index (χ0) is 17.8. The average Bonchev–Trinajstić information content (AvgIpc) is 2.55. The van der Waals surface area contributed by atoms with Crippen LogP contribution in [0.4, 0.5) is 0 Å². The summed E-state index contributed by atoms with van der Waals surface area (Å²) in [5.41, 5.74) is 1.25. The van der Waals surface area contributed by atoms with Crippen molar-refractivity contribution in [2.45, 2.75) is 53.0 Å². The number of hydrogen-bond donors (Lipinski definition) is 2. The molecule has 0 saturated carbocycles. The van der Waals surface area contributed by atoms with Crippen LogP contribution in [0.3, 0.4) is 0 Å². The molecule has 0 aliphatic carbocycles. The van der Waals surface area contributed by atoms with Gasteiger partial charge < -0.3 is 15.5 Å². The molecular weight excluding hydrogens is 425 g/mol. The highest BCUT2D eigenvalue weighted by Crippen LogP contribution is 2.11. The summed E-state index contributed by atoms with van der Waals surface area (Å²) in [7, 11) is 0. The SMILES string of the molecule is C=C(C)CN1CCC(NC(=NCCN(CC)CCC)NCC)CC1.I. The van der Waals surface area contributed by atoms with Crippen molar-refractivity contribution in [3.05, 3.63) is 12.2 Å². The first-order valence-corrected chi connectivity index (χ1v) is 9.72. The maximum absolute atomic E-state index is 4.77. The molecule has 1 saturated heterocycles. The third kappa shape index (κ3) is 11.1. The predicted octanol–water partition coefficient (Wildman–Crippen LogP) is 2.93. The van der Waals surface area contributed by atoms with Gasteiger partial charge in [-0.05, 0) is 46.2 Å². The maximum atomic E-state index is 4.77. The number of rotatable bonds is 10. The van der Waals surface area contributed by atoms with Gasteiger partial charge in [0.1, 0.15) is 0 Å². The molecule has 1 fully saturated rings. The Kier molecular flexibility index (Phi) is 14.6. The average molecular weight is 465 g/mol. The Bertz CT molecular complexity index is 378. The Morgan fingerprint density at radius 3 is 2.40 bits per heavy atom. The minimum atomic E-state index is 0. The van der Waals surface area contributed by atoms with Crippen LogP contribution in [0.15, 0.2) is 17.1 Å². The van der Waals surface area contributed by atoms with Crippen molar-refractivity contribution in [2.24, 2.45) is 4.99 Å². The summed E-state index contributed by atoms with van der Waals surface area (Å²) in [4.78, 5) is 9.73. The second-order valence-electron chi connectivity index (χ2n) is 6.85. The lowest BCUT2D eigenvalue weighted by Gasteiger charge is -2.33. The third-order valence-corrected chi connectivity index (χ3v) is 4.44. The summed E-state index contributed by atoms with van der Waals surface area (Å²) in [6.07, 6.45) is 3.56. The zero-order valence-electron chi connectivity index (χ0n) is 16.8. The van der Waals surface area contributed by atoms with Gasteiger partial charge in [0, 0.05) is 38.8 Å². The Hall–Kier alpha value is -0.340. The van der Waals surface area contributed by atoms with E-state index in [0.717, 1.165) is 58.3 Å². The first kappa shape index (κ1) is 24.7. The zero-order valence-corrected chi connectivity index (χ0v) is 19.1. The molecule has 0 unspecified atom stereocenters. The van der Waals surface area contributed by atoms with E-state index < -0.39 is 0 Å². The van der Waals surface area contributed by atoms with Gasteiger partial charge >= 0.3 is 0 Å². The first-order valence-electron chi connectivity index (χ1n) is 9.72. The van der Waals surface area contributed by atoms with Gasteiger partial charge in [0.2, 0.25) is 0 Å². The number of nitrogens with one attached hydrogen (secondary N) is 2. The monoisotopic (exact) mass is 465 g/mol. The highest BCUT2D eigenvalue weighted by atomic mass is 127.